The number of aromatic amines is 1. The maximum Gasteiger partial charge on any atom is 0.283 e. The maximum absolute atomic E-state index is 14.2. The molecule has 1 atom stereocenters. The van der Waals surface area contributed by atoms with Crippen LogP contribution in [0.1, 0.15) is 37.9 Å². The van der Waals surface area contributed by atoms with E-state index in [0.717, 1.165) is 23.1 Å². The van der Waals surface area contributed by atoms with Crippen LogP contribution in [-0.4, -0.2) is 55.7 Å². The van der Waals surface area contributed by atoms with Crippen molar-refractivity contribution in [1.82, 2.24) is 24.6 Å². The van der Waals surface area contributed by atoms with E-state index in [4.69, 9.17) is 32.9 Å². The van der Waals surface area contributed by atoms with Crippen LogP contribution in [0.4, 0.5) is 5.69 Å². The lowest BCUT2D eigenvalue weighted by atomic mass is 9.94. The van der Waals surface area contributed by atoms with Crippen molar-refractivity contribution < 1.29 is 14.5 Å². The van der Waals surface area contributed by atoms with Gasteiger partial charge in [-0.15, -0.1) is 5.10 Å². The minimum Gasteiger partial charge on any atom is -0.496 e. The highest BCUT2D eigenvalue weighted by molar-refractivity contribution is 7.99. The smallest absolute Gasteiger partial charge is 0.283 e. The zero-order valence-corrected chi connectivity index (χ0v) is 30.3. The Morgan fingerprint density at radius 1 is 1.16 bits per heavy atom. The first-order valence-corrected chi connectivity index (χ1v) is 17.7. The highest BCUT2D eigenvalue weighted by atomic mass is 35.5. The number of likely N-dealkylation sites (N-methyl/N-ethyl adjacent to an activating group) is 1. The quantitative estimate of drug-likeness (QED) is 0.130. The number of halogens is 2. The van der Waals surface area contributed by atoms with Gasteiger partial charge in [-0.05, 0) is 74.5 Å². The van der Waals surface area contributed by atoms with Gasteiger partial charge in [0.05, 0.1) is 37.8 Å². The molecule has 0 unspecified atom stereocenters. The van der Waals surface area contributed by atoms with Crippen molar-refractivity contribution in [1.29, 1.82) is 0 Å². The molecule has 5 aromatic rings. The normalized spacial score (nSPS) is 14.4. The van der Waals surface area contributed by atoms with Crippen LogP contribution in [0, 0.1) is 10.1 Å². The van der Waals surface area contributed by atoms with Gasteiger partial charge in [-0.25, -0.2) is 9.98 Å². The molecule has 1 amide bonds. The SMILES string of the molecule is CCN(CC)C(=O)C1=C(C)N=c2s/c(=C\c3ccc(Sc4n[nH]c(-c5ccc(Cl)cc5Cl)n4)c([N+](=O)[O-])c3)c(=O)n2[C@@H]1c1ccccc1OC. The number of nitrogens with zero attached hydrogens (tertiary/aromatic N) is 6. The third-order valence-electron chi connectivity index (χ3n) is 8.07. The van der Waals surface area contributed by atoms with Gasteiger partial charge in [-0.1, -0.05) is 58.8 Å². The number of carbonyl (C=O) groups excluding carboxylic acids is 1. The molecule has 0 saturated heterocycles. The van der Waals surface area contributed by atoms with Crippen molar-refractivity contribution >= 4 is 64.0 Å². The Kier molecular flexibility index (Phi) is 10.3. The number of hydrogen-bond acceptors (Lipinski definition) is 10. The molecule has 1 aliphatic heterocycles. The molecule has 50 heavy (non-hydrogen) atoms. The van der Waals surface area contributed by atoms with E-state index in [-0.39, 0.29) is 16.8 Å². The summed E-state index contributed by atoms with van der Waals surface area (Å²) in [5.41, 5.74) is 1.93. The first-order chi connectivity index (χ1) is 24.0. The Morgan fingerprint density at radius 2 is 1.92 bits per heavy atom. The number of methoxy groups -OCH3 is 1. The fourth-order valence-electron chi connectivity index (χ4n) is 5.66. The number of amides is 1. The van der Waals surface area contributed by atoms with Gasteiger partial charge in [0.15, 0.2) is 10.6 Å². The Balaban J connectivity index is 1.40. The van der Waals surface area contributed by atoms with Gasteiger partial charge in [-0.2, -0.15) is 0 Å². The molecule has 1 aliphatic rings. The zero-order chi connectivity index (χ0) is 35.7. The van der Waals surface area contributed by atoms with E-state index in [1.165, 1.54) is 17.7 Å². The molecule has 16 heteroatoms. The minimum atomic E-state index is -0.806. The number of aromatic nitrogens is 4. The summed E-state index contributed by atoms with van der Waals surface area (Å²) in [6.07, 6.45) is 1.59. The summed E-state index contributed by atoms with van der Waals surface area (Å²) in [5, 5.41) is 20.3. The maximum atomic E-state index is 14.2. The first kappa shape index (κ1) is 35.1. The lowest BCUT2D eigenvalue weighted by molar-refractivity contribution is -0.387. The molecule has 3 heterocycles. The van der Waals surface area contributed by atoms with Crippen LogP contribution >= 0.6 is 46.3 Å². The van der Waals surface area contributed by atoms with Crippen LogP contribution in [0.3, 0.4) is 0 Å². The van der Waals surface area contributed by atoms with Gasteiger partial charge >= 0.3 is 0 Å². The lowest BCUT2D eigenvalue weighted by Gasteiger charge is -2.29. The summed E-state index contributed by atoms with van der Waals surface area (Å²) < 4.78 is 7.47. The molecule has 0 spiro atoms. The van der Waals surface area contributed by atoms with Crippen molar-refractivity contribution in [3.05, 3.63) is 123 Å². The third kappa shape index (κ3) is 6.71. The number of allylic oxidation sites excluding steroid dienone is 1. The van der Waals surface area contributed by atoms with Gasteiger partial charge in [-0.3, -0.25) is 29.4 Å². The second-order valence-electron chi connectivity index (χ2n) is 11.0. The molecule has 6 rings (SSSR count). The standard InChI is InChI=1S/C34H29Cl2N7O5S2/c1-5-41(6-2)32(45)28-18(3)37-34-42(29(28)22-9-7-8-10-25(22)48-4)31(44)27(50-34)16-19-11-14-26(24(15-19)43(46)47)49-33-38-30(39-40-33)21-13-12-20(35)17-23(21)36/h7-17,29H,5-6H2,1-4H3,(H,38,39,40)/b27-16-/t29-/m1/s1. The molecule has 0 fully saturated rings. The number of nitro benzene ring substituents is 1. The Hall–Kier alpha value is -4.76. The highest BCUT2D eigenvalue weighted by Gasteiger charge is 2.35. The fraction of sp³-hybridized carbons (Fsp3) is 0.206. The van der Waals surface area contributed by atoms with E-state index in [9.17, 15) is 19.7 Å². The van der Waals surface area contributed by atoms with Gasteiger partial charge in [0.25, 0.3) is 17.2 Å². The van der Waals surface area contributed by atoms with Crippen LogP contribution in [0.25, 0.3) is 17.5 Å². The third-order valence-corrected chi connectivity index (χ3v) is 10.5. The molecule has 2 aromatic heterocycles. The number of H-pyrrole nitrogens is 1. The van der Waals surface area contributed by atoms with E-state index in [1.54, 1.807) is 54.3 Å². The van der Waals surface area contributed by atoms with E-state index < -0.39 is 16.5 Å². The molecule has 256 valence electrons. The minimum absolute atomic E-state index is 0.192. The zero-order valence-electron chi connectivity index (χ0n) is 27.1. The van der Waals surface area contributed by atoms with E-state index in [1.807, 2.05) is 32.0 Å². The number of nitrogens with one attached hydrogen (secondary N) is 1. The molecule has 0 bridgehead atoms. The van der Waals surface area contributed by atoms with Crippen LogP contribution < -0.4 is 19.6 Å². The van der Waals surface area contributed by atoms with Crippen LogP contribution in [0.2, 0.25) is 10.0 Å². The number of rotatable bonds is 10. The van der Waals surface area contributed by atoms with Gasteiger partial charge in [0.1, 0.15) is 11.8 Å². The van der Waals surface area contributed by atoms with Gasteiger partial charge in [0, 0.05) is 35.3 Å². The highest BCUT2D eigenvalue weighted by Crippen LogP contribution is 2.37. The molecular weight excluding hydrogens is 721 g/mol. The molecule has 12 nitrogen and oxygen atoms in total. The Bertz CT molecular complexity index is 2370. The van der Waals surface area contributed by atoms with Gasteiger partial charge in [0.2, 0.25) is 5.16 Å². The second-order valence-corrected chi connectivity index (χ2v) is 13.8. The molecular formula is C34H29Cl2N7O5S2. The van der Waals surface area contributed by atoms with Crippen LogP contribution in [-0.2, 0) is 4.79 Å². The van der Waals surface area contributed by atoms with E-state index in [0.29, 0.717) is 76.9 Å². The topological polar surface area (TPSA) is 149 Å². The van der Waals surface area contributed by atoms with Crippen molar-refractivity contribution in [3.63, 3.8) is 0 Å². The lowest BCUT2D eigenvalue weighted by Crippen LogP contribution is -2.43. The van der Waals surface area contributed by atoms with Crippen molar-refractivity contribution in [3.8, 4) is 17.1 Å². The van der Waals surface area contributed by atoms with Crippen molar-refractivity contribution in [2.75, 3.05) is 20.2 Å². The number of carbonyl (C=O) groups is 1. The fourth-order valence-corrected chi connectivity index (χ4v) is 8.00. The van der Waals surface area contributed by atoms with E-state index in [2.05, 4.69) is 15.2 Å². The monoisotopic (exact) mass is 749 g/mol. The summed E-state index contributed by atoms with van der Waals surface area (Å²) in [4.78, 5) is 51.3. The number of para-hydroxylation sites is 1. The Morgan fingerprint density at radius 3 is 2.62 bits per heavy atom. The van der Waals surface area contributed by atoms with E-state index >= 15 is 0 Å². The van der Waals surface area contributed by atoms with Crippen molar-refractivity contribution in [2.45, 2.75) is 36.9 Å². The predicted octanol–water partition coefficient (Wildman–Crippen LogP) is 6.26. The average Bonchev–Trinajstić information content (AvgIpc) is 3.68. The summed E-state index contributed by atoms with van der Waals surface area (Å²) in [6.45, 7) is 6.52. The molecule has 3 aromatic carbocycles. The summed E-state index contributed by atoms with van der Waals surface area (Å²) in [7, 11) is 1.54. The van der Waals surface area contributed by atoms with Gasteiger partial charge < -0.3 is 9.64 Å². The molecule has 0 radical (unpaired) electrons. The number of hydrogen-bond donors (Lipinski definition) is 1. The number of benzene rings is 3. The van der Waals surface area contributed by atoms with Crippen molar-refractivity contribution in [2.24, 2.45) is 4.99 Å². The second kappa shape index (κ2) is 14.6. The number of fused-ring (bicyclic) bond motifs is 1. The molecule has 0 aliphatic carbocycles. The largest absolute Gasteiger partial charge is 0.496 e. The molecule has 1 N–H and O–H groups in total. The summed E-state index contributed by atoms with van der Waals surface area (Å²) in [6, 6.07) is 16.1. The molecule has 0 saturated carbocycles. The number of ether oxygens (including phenoxy) is 1. The predicted molar refractivity (Wildman–Crippen MR) is 194 cm³/mol. The van der Waals surface area contributed by atoms with Crippen LogP contribution in [0.15, 0.2) is 91.8 Å². The summed E-state index contributed by atoms with van der Waals surface area (Å²) in [5.74, 6) is 0.678. The average molecular weight is 751 g/mol. The summed E-state index contributed by atoms with van der Waals surface area (Å²) >= 11 is 14.5. The number of nitro groups is 1. The Labute approximate surface area is 303 Å². The first-order valence-electron chi connectivity index (χ1n) is 15.3. The number of thiazole rings is 1. The van der Waals surface area contributed by atoms with Crippen LogP contribution in [0.5, 0.6) is 5.75 Å².